The van der Waals surface area contributed by atoms with Crippen LogP contribution in [0.4, 0.5) is 10.1 Å². The summed E-state index contributed by atoms with van der Waals surface area (Å²) in [5, 5.41) is 9.00. The first-order valence-corrected chi connectivity index (χ1v) is 8.00. The number of nitrogens with two attached hydrogens (primary N) is 1. The van der Waals surface area contributed by atoms with E-state index in [1.807, 2.05) is 0 Å². The summed E-state index contributed by atoms with van der Waals surface area (Å²) >= 11 is 1.11. The van der Waals surface area contributed by atoms with Gasteiger partial charge < -0.3 is 10.1 Å². The third-order valence-corrected chi connectivity index (χ3v) is 4.42. The van der Waals surface area contributed by atoms with E-state index in [0.29, 0.717) is 5.75 Å². The number of ether oxygens (including phenoxy) is 1. The molecule has 1 aromatic heterocycles. The van der Waals surface area contributed by atoms with Crippen molar-refractivity contribution in [2.75, 3.05) is 12.4 Å². The minimum Gasteiger partial charge on any atom is -0.495 e. The molecule has 0 aliphatic rings. The topological polar surface area (TPSA) is 98.5 Å². The first-order valence-electron chi connectivity index (χ1n) is 5.58. The van der Waals surface area contributed by atoms with Crippen molar-refractivity contribution in [2.45, 2.75) is 4.90 Å². The predicted octanol–water partition coefficient (Wildman–Crippen LogP) is 1.80. The van der Waals surface area contributed by atoms with E-state index in [-0.39, 0.29) is 15.5 Å². The second-order valence-electron chi connectivity index (χ2n) is 3.96. The van der Waals surface area contributed by atoms with Crippen LogP contribution in [0.25, 0.3) is 0 Å². The van der Waals surface area contributed by atoms with Gasteiger partial charge in [0.1, 0.15) is 21.3 Å². The van der Waals surface area contributed by atoms with E-state index >= 15 is 0 Å². The van der Waals surface area contributed by atoms with Gasteiger partial charge in [-0.3, -0.25) is 4.79 Å². The monoisotopic (exact) mass is 330 g/mol. The molecule has 9 heteroatoms. The number of carbonyl (C=O) groups is 1. The smallest absolute Gasteiger partial charge is 0.269 e. The minimum atomic E-state index is -4.09. The molecule has 0 spiro atoms. The molecule has 0 unspecified atom stereocenters. The van der Waals surface area contributed by atoms with Crippen LogP contribution in [0.3, 0.4) is 0 Å². The molecule has 21 heavy (non-hydrogen) atoms. The Labute approximate surface area is 124 Å². The van der Waals surface area contributed by atoms with Gasteiger partial charge in [-0.1, -0.05) is 0 Å². The summed E-state index contributed by atoms with van der Waals surface area (Å²) in [6, 6.07) is 4.41. The molecule has 0 aliphatic heterocycles. The van der Waals surface area contributed by atoms with E-state index in [0.717, 1.165) is 29.5 Å². The molecule has 1 amide bonds. The van der Waals surface area contributed by atoms with Crippen LogP contribution in [0.1, 0.15) is 9.67 Å². The summed E-state index contributed by atoms with van der Waals surface area (Å²) < 4.78 is 41.1. The highest BCUT2D eigenvalue weighted by Gasteiger charge is 2.19. The molecule has 0 atom stereocenters. The molecule has 6 nitrogen and oxygen atoms in total. The number of thiophene rings is 1. The molecular formula is C12H11FN2O4S2. The van der Waals surface area contributed by atoms with Crippen LogP contribution < -0.4 is 15.2 Å². The van der Waals surface area contributed by atoms with Gasteiger partial charge in [0, 0.05) is 0 Å². The third-order valence-electron chi connectivity index (χ3n) is 2.55. The highest BCUT2D eigenvalue weighted by atomic mass is 32.2. The number of benzene rings is 1. The summed E-state index contributed by atoms with van der Waals surface area (Å²) in [7, 11) is -2.69. The van der Waals surface area contributed by atoms with Gasteiger partial charge >= 0.3 is 0 Å². The van der Waals surface area contributed by atoms with Crippen molar-refractivity contribution >= 4 is 33.0 Å². The van der Waals surface area contributed by atoms with Crippen LogP contribution in [0.2, 0.25) is 0 Å². The molecule has 2 rings (SSSR count). The molecule has 0 radical (unpaired) electrons. The number of carbonyl (C=O) groups excluding carboxylic acids is 1. The lowest BCUT2D eigenvalue weighted by Crippen LogP contribution is -2.18. The van der Waals surface area contributed by atoms with Crippen LogP contribution in [-0.4, -0.2) is 21.4 Å². The van der Waals surface area contributed by atoms with Crippen LogP contribution in [0.15, 0.2) is 34.5 Å². The molecule has 0 bridgehead atoms. The summed E-state index contributed by atoms with van der Waals surface area (Å²) in [6.45, 7) is 0. The van der Waals surface area contributed by atoms with E-state index in [1.54, 1.807) is 11.4 Å². The fourth-order valence-corrected chi connectivity index (χ4v) is 3.08. The Bertz CT molecular complexity index is 786. The molecule has 3 N–H and O–H groups in total. The quantitative estimate of drug-likeness (QED) is 0.893. The molecule has 0 saturated heterocycles. The van der Waals surface area contributed by atoms with Gasteiger partial charge in [-0.15, -0.1) is 11.3 Å². The minimum absolute atomic E-state index is 0.224. The van der Waals surface area contributed by atoms with Crippen molar-refractivity contribution in [1.82, 2.24) is 0 Å². The van der Waals surface area contributed by atoms with Crippen LogP contribution in [-0.2, 0) is 10.0 Å². The first-order chi connectivity index (χ1) is 9.82. The number of anilines is 1. The van der Waals surface area contributed by atoms with Gasteiger partial charge in [-0.2, -0.15) is 0 Å². The van der Waals surface area contributed by atoms with Gasteiger partial charge in [0.2, 0.25) is 10.0 Å². The Morgan fingerprint density at radius 2 is 2.10 bits per heavy atom. The fourth-order valence-electron chi connectivity index (χ4n) is 1.65. The largest absolute Gasteiger partial charge is 0.495 e. The van der Waals surface area contributed by atoms with E-state index in [2.05, 4.69) is 5.32 Å². The lowest BCUT2D eigenvalue weighted by atomic mass is 10.3. The second-order valence-corrected chi connectivity index (χ2v) is 6.40. The fraction of sp³-hybridized carbons (Fsp3) is 0.0833. The Balaban J connectivity index is 2.40. The maximum absolute atomic E-state index is 13.3. The van der Waals surface area contributed by atoms with Gasteiger partial charge in [-0.05, 0) is 29.6 Å². The van der Waals surface area contributed by atoms with Crippen molar-refractivity contribution in [3.05, 3.63) is 40.3 Å². The van der Waals surface area contributed by atoms with Gasteiger partial charge in [0.25, 0.3) is 5.91 Å². The maximum atomic E-state index is 13.3. The van der Waals surface area contributed by atoms with Gasteiger partial charge in [0.05, 0.1) is 12.8 Å². The average Bonchev–Trinajstić information content (AvgIpc) is 2.85. The number of sulfonamides is 1. The standard InChI is InChI=1S/C12H11FN2O4S2/c1-19-9-4-5-20-11(9)12(16)15-8-6-7(13)2-3-10(8)21(14,17)18/h2-6H,1H3,(H,15,16)(H2,14,17,18). The lowest BCUT2D eigenvalue weighted by molar-refractivity contribution is 0.102. The normalized spacial score (nSPS) is 11.2. The zero-order chi connectivity index (χ0) is 15.6. The molecular weight excluding hydrogens is 319 g/mol. The average molecular weight is 330 g/mol. The molecule has 0 saturated carbocycles. The molecule has 0 fully saturated rings. The molecule has 1 heterocycles. The highest BCUT2D eigenvalue weighted by molar-refractivity contribution is 7.89. The third kappa shape index (κ3) is 3.38. The van der Waals surface area contributed by atoms with E-state index in [4.69, 9.17) is 9.88 Å². The van der Waals surface area contributed by atoms with Crippen LogP contribution in [0, 0.1) is 5.82 Å². The maximum Gasteiger partial charge on any atom is 0.269 e. The Kier molecular flexibility index (Phi) is 4.26. The second kappa shape index (κ2) is 5.80. The Hall–Kier alpha value is -1.97. The summed E-state index contributed by atoms with van der Waals surface area (Å²) in [5.74, 6) is -0.973. The zero-order valence-electron chi connectivity index (χ0n) is 10.8. The number of amides is 1. The molecule has 0 aliphatic carbocycles. The first kappa shape index (κ1) is 15.4. The molecule has 2 aromatic rings. The zero-order valence-corrected chi connectivity index (χ0v) is 12.4. The molecule has 1 aromatic carbocycles. The number of hydrogen-bond acceptors (Lipinski definition) is 5. The number of rotatable bonds is 4. The van der Waals surface area contributed by atoms with E-state index in [9.17, 15) is 17.6 Å². The predicted molar refractivity (Wildman–Crippen MR) is 76.6 cm³/mol. The number of primary sulfonamides is 1. The SMILES string of the molecule is COc1ccsc1C(=O)Nc1cc(F)ccc1S(N)(=O)=O. The van der Waals surface area contributed by atoms with Crippen molar-refractivity contribution in [3.8, 4) is 5.75 Å². The summed E-state index contributed by atoms with van der Waals surface area (Å²) in [5.41, 5.74) is -0.224. The Morgan fingerprint density at radius 3 is 2.71 bits per heavy atom. The number of hydrogen-bond donors (Lipinski definition) is 2. The van der Waals surface area contributed by atoms with Gasteiger partial charge in [0.15, 0.2) is 0 Å². The van der Waals surface area contributed by atoms with Gasteiger partial charge in [-0.25, -0.2) is 17.9 Å². The lowest BCUT2D eigenvalue weighted by Gasteiger charge is -2.09. The Morgan fingerprint density at radius 1 is 1.38 bits per heavy atom. The van der Waals surface area contributed by atoms with Crippen molar-refractivity contribution < 1.29 is 22.3 Å². The highest BCUT2D eigenvalue weighted by Crippen LogP contribution is 2.27. The van der Waals surface area contributed by atoms with E-state index < -0.39 is 21.7 Å². The number of halogens is 1. The number of nitrogens with one attached hydrogen (secondary N) is 1. The van der Waals surface area contributed by atoms with E-state index in [1.165, 1.54) is 7.11 Å². The number of methoxy groups -OCH3 is 1. The molecule has 112 valence electrons. The van der Waals surface area contributed by atoms with Crippen LogP contribution in [0.5, 0.6) is 5.75 Å². The van der Waals surface area contributed by atoms with Crippen LogP contribution >= 0.6 is 11.3 Å². The summed E-state index contributed by atoms with van der Waals surface area (Å²) in [6.07, 6.45) is 0. The van der Waals surface area contributed by atoms with Crippen molar-refractivity contribution in [1.29, 1.82) is 0 Å². The summed E-state index contributed by atoms with van der Waals surface area (Å²) in [4.78, 5) is 12.0. The van der Waals surface area contributed by atoms with Crippen molar-refractivity contribution in [3.63, 3.8) is 0 Å². The van der Waals surface area contributed by atoms with Crippen molar-refractivity contribution in [2.24, 2.45) is 5.14 Å².